The Labute approximate surface area is 91.2 Å². The molecule has 14 heavy (non-hydrogen) atoms. The third-order valence-corrected chi connectivity index (χ3v) is 2.39. The van der Waals surface area contributed by atoms with E-state index in [1.165, 1.54) is 0 Å². The van der Waals surface area contributed by atoms with Crippen molar-refractivity contribution in [3.05, 3.63) is 16.9 Å². The fraction of sp³-hybridized carbons (Fsp3) is 0.333. The number of nitrogen functional groups attached to an aromatic ring is 1. The van der Waals surface area contributed by atoms with Crippen LogP contribution in [-0.4, -0.2) is 14.8 Å². The van der Waals surface area contributed by atoms with Crippen LogP contribution in [0.5, 0.6) is 0 Å². The average Bonchev–Trinajstić information content (AvgIpc) is 2.59. The zero-order valence-corrected chi connectivity index (χ0v) is 10.0. The van der Waals surface area contributed by atoms with Crippen LogP contribution in [0.1, 0.15) is 13.8 Å². The molecule has 0 bridgehead atoms. The van der Waals surface area contributed by atoms with Crippen molar-refractivity contribution in [3.63, 3.8) is 0 Å². The van der Waals surface area contributed by atoms with Gasteiger partial charge in [0, 0.05) is 23.1 Å². The molecule has 0 spiro atoms. The fourth-order valence-electron chi connectivity index (χ4n) is 1.17. The van der Waals surface area contributed by atoms with Gasteiger partial charge in [-0.2, -0.15) is 5.10 Å². The molecule has 0 unspecified atom stereocenters. The normalized spacial score (nSPS) is 9.71. The number of hydrogen-bond acceptors (Lipinski definition) is 3. The Balaban J connectivity index is 0.000000461. The molecule has 2 aromatic heterocycles. The highest BCUT2D eigenvalue weighted by Gasteiger charge is 2.06. The summed E-state index contributed by atoms with van der Waals surface area (Å²) < 4.78 is 2.63. The highest BCUT2D eigenvalue weighted by Crippen LogP contribution is 2.25. The van der Waals surface area contributed by atoms with E-state index in [4.69, 9.17) is 5.73 Å². The number of anilines is 1. The number of halogens is 1. The Bertz CT molecular complexity index is 436. The maximum absolute atomic E-state index is 5.68. The van der Waals surface area contributed by atoms with Crippen LogP contribution >= 0.6 is 15.9 Å². The Morgan fingerprint density at radius 2 is 2.00 bits per heavy atom. The van der Waals surface area contributed by atoms with Crippen molar-refractivity contribution < 1.29 is 0 Å². The van der Waals surface area contributed by atoms with Gasteiger partial charge in [0.25, 0.3) is 0 Å². The van der Waals surface area contributed by atoms with Crippen molar-refractivity contribution >= 4 is 32.7 Å². The summed E-state index contributed by atoms with van der Waals surface area (Å²) >= 11 is 3.37. The van der Waals surface area contributed by atoms with Crippen LogP contribution in [0.4, 0.5) is 5.82 Å². The molecule has 2 aromatic rings. The summed E-state index contributed by atoms with van der Waals surface area (Å²) in [6, 6.07) is 0. The summed E-state index contributed by atoms with van der Waals surface area (Å²) in [5, 5.41) is 5.07. The van der Waals surface area contributed by atoms with E-state index in [9.17, 15) is 0 Å². The number of nitrogens with two attached hydrogens (primary N) is 1. The van der Waals surface area contributed by atoms with Crippen LogP contribution < -0.4 is 5.73 Å². The van der Waals surface area contributed by atoms with Gasteiger partial charge in [-0.25, -0.2) is 4.98 Å². The molecular formula is C9H13BrN4. The van der Waals surface area contributed by atoms with Gasteiger partial charge in [0.15, 0.2) is 0 Å². The topological polar surface area (TPSA) is 56.7 Å². The molecule has 76 valence electrons. The highest BCUT2D eigenvalue weighted by molar-refractivity contribution is 9.10. The van der Waals surface area contributed by atoms with Gasteiger partial charge in [-0.15, -0.1) is 0 Å². The monoisotopic (exact) mass is 256 g/mol. The van der Waals surface area contributed by atoms with Crippen LogP contribution in [0.3, 0.4) is 0 Å². The summed E-state index contributed by atoms with van der Waals surface area (Å²) in [4.78, 5) is 4.01. The van der Waals surface area contributed by atoms with Gasteiger partial charge in [0.2, 0.25) is 0 Å². The summed E-state index contributed by atoms with van der Waals surface area (Å²) in [5.74, 6) is 0.508. The molecule has 0 saturated carbocycles. The first-order valence-electron chi connectivity index (χ1n) is 4.42. The number of fused-ring (bicyclic) bond motifs is 1. The van der Waals surface area contributed by atoms with Crippen LogP contribution in [-0.2, 0) is 7.05 Å². The lowest BCUT2D eigenvalue weighted by Crippen LogP contribution is -1.96. The van der Waals surface area contributed by atoms with Gasteiger partial charge < -0.3 is 5.73 Å². The van der Waals surface area contributed by atoms with Crippen LogP contribution in [0.2, 0.25) is 0 Å². The molecule has 0 fully saturated rings. The van der Waals surface area contributed by atoms with Crippen LogP contribution in [0, 0.1) is 0 Å². The quantitative estimate of drug-likeness (QED) is 0.788. The minimum absolute atomic E-state index is 0.508. The van der Waals surface area contributed by atoms with Crippen molar-refractivity contribution in [3.8, 4) is 0 Å². The predicted molar refractivity (Wildman–Crippen MR) is 62.0 cm³/mol. The van der Waals surface area contributed by atoms with E-state index in [0.717, 1.165) is 15.4 Å². The Kier molecular flexibility index (Phi) is 3.46. The molecule has 2 heterocycles. The number of aryl methyl sites for hydroxylation is 1. The van der Waals surface area contributed by atoms with Crippen molar-refractivity contribution in [1.29, 1.82) is 0 Å². The molecule has 2 N–H and O–H groups in total. The lowest BCUT2D eigenvalue weighted by atomic mass is 10.3. The first kappa shape index (κ1) is 11.0. The molecule has 0 aliphatic rings. The predicted octanol–water partition coefficient (Wildman–Crippen LogP) is 2.34. The number of pyridine rings is 1. The molecule has 5 heteroatoms. The summed E-state index contributed by atoms with van der Waals surface area (Å²) in [6.07, 6.45) is 3.44. The lowest BCUT2D eigenvalue weighted by molar-refractivity contribution is 0.796. The summed E-state index contributed by atoms with van der Waals surface area (Å²) in [6.45, 7) is 4.00. The second-order valence-corrected chi connectivity index (χ2v) is 3.38. The number of nitrogens with zero attached hydrogens (tertiary/aromatic N) is 3. The molecule has 0 aliphatic carbocycles. The van der Waals surface area contributed by atoms with E-state index >= 15 is 0 Å². The molecular weight excluding hydrogens is 244 g/mol. The maximum Gasteiger partial charge on any atom is 0.149 e. The van der Waals surface area contributed by atoms with E-state index in [1.54, 1.807) is 17.1 Å². The Morgan fingerprint density at radius 1 is 1.36 bits per heavy atom. The van der Waals surface area contributed by atoms with Gasteiger partial charge in [0.1, 0.15) is 11.3 Å². The van der Waals surface area contributed by atoms with Crippen LogP contribution in [0.15, 0.2) is 16.9 Å². The van der Waals surface area contributed by atoms with Crippen molar-refractivity contribution in [1.82, 2.24) is 14.8 Å². The van der Waals surface area contributed by atoms with Crippen LogP contribution in [0.25, 0.3) is 10.9 Å². The minimum atomic E-state index is 0.508. The number of hydrogen-bond donors (Lipinski definition) is 1. The molecule has 0 atom stereocenters. The van der Waals surface area contributed by atoms with Gasteiger partial charge in [-0.1, -0.05) is 13.8 Å². The zero-order chi connectivity index (χ0) is 10.7. The second-order valence-electron chi connectivity index (χ2n) is 2.52. The van der Waals surface area contributed by atoms with E-state index in [0.29, 0.717) is 5.82 Å². The second kappa shape index (κ2) is 4.41. The third-order valence-electron chi connectivity index (χ3n) is 1.76. The fourth-order valence-corrected chi connectivity index (χ4v) is 1.57. The van der Waals surface area contributed by atoms with Gasteiger partial charge in [0.05, 0.1) is 6.20 Å². The Morgan fingerprint density at radius 3 is 2.57 bits per heavy atom. The first-order valence-corrected chi connectivity index (χ1v) is 5.21. The number of rotatable bonds is 0. The SMILES string of the molecule is CC.Cn1ncc2c(Br)cnc(N)c21. The maximum atomic E-state index is 5.68. The molecule has 0 aliphatic heterocycles. The molecule has 0 saturated heterocycles. The Hall–Kier alpha value is -1.10. The van der Waals surface area contributed by atoms with E-state index < -0.39 is 0 Å². The lowest BCUT2D eigenvalue weighted by Gasteiger charge is -1.98. The minimum Gasteiger partial charge on any atom is -0.382 e. The smallest absolute Gasteiger partial charge is 0.149 e. The van der Waals surface area contributed by atoms with E-state index in [2.05, 4.69) is 26.0 Å². The highest BCUT2D eigenvalue weighted by atomic mass is 79.9. The molecule has 0 amide bonds. The zero-order valence-electron chi connectivity index (χ0n) is 8.45. The van der Waals surface area contributed by atoms with E-state index in [1.807, 2.05) is 20.9 Å². The van der Waals surface area contributed by atoms with Crippen molar-refractivity contribution in [2.75, 3.05) is 5.73 Å². The van der Waals surface area contributed by atoms with Crippen molar-refractivity contribution in [2.45, 2.75) is 13.8 Å². The standard InChI is InChI=1S/C7H7BrN4.C2H6/c1-12-6-4(2-11-12)5(8)3-10-7(6)9;1-2/h2-3H,1H3,(H2,9,10);1-2H3. The van der Waals surface area contributed by atoms with Gasteiger partial charge >= 0.3 is 0 Å². The molecule has 0 radical (unpaired) electrons. The third kappa shape index (κ3) is 1.72. The van der Waals surface area contributed by atoms with Crippen molar-refractivity contribution in [2.24, 2.45) is 7.05 Å². The van der Waals surface area contributed by atoms with Gasteiger partial charge in [-0.3, -0.25) is 4.68 Å². The van der Waals surface area contributed by atoms with E-state index in [-0.39, 0.29) is 0 Å². The first-order chi connectivity index (χ1) is 6.70. The largest absolute Gasteiger partial charge is 0.382 e. The molecule has 0 aromatic carbocycles. The molecule has 2 rings (SSSR count). The average molecular weight is 257 g/mol. The summed E-state index contributed by atoms with van der Waals surface area (Å²) in [5.41, 5.74) is 6.54. The number of aromatic nitrogens is 3. The molecule has 4 nitrogen and oxygen atoms in total. The summed E-state index contributed by atoms with van der Waals surface area (Å²) in [7, 11) is 1.84. The van der Waals surface area contributed by atoms with Gasteiger partial charge in [-0.05, 0) is 15.9 Å².